The second-order valence-corrected chi connectivity index (χ2v) is 10.9. The number of amides is 2. The molecule has 3 N–H and O–H groups in total. The van der Waals surface area contributed by atoms with Crippen LogP contribution in [0, 0.1) is 18.8 Å². The molecule has 0 bridgehead atoms. The molecule has 39 heavy (non-hydrogen) atoms. The van der Waals surface area contributed by atoms with E-state index in [1.54, 1.807) is 13.0 Å². The fourth-order valence-corrected chi connectivity index (χ4v) is 5.40. The Labute approximate surface area is 226 Å². The number of fused-ring (bicyclic) bond motifs is 1. The number of rotatable bonds is 9. The highest BCUT2D eigenvalue weighted by Crippen LogP contribution is 2.38. The van der Waals surface area contributed by atoms with E-state index in [4.69, 9.17) is 4.74 Å². The monoisotopic (exact) mass is 539 g/mol. The zero-order valence-corrected chi connectivity index (χ0v) is 22.5. The number of nitrogens with one attached hydrogen (secondary N) is 3. The Balaban J connectivity index is 1.41. The molecular weight excluding hydrogens is 504 g/mol. The topological polar surface area (TPSA) is 109 Å². The highest BCUT2D eigenvalue weighted by molar-refractivity contribution is 6.09. The van der Waals surface area contributed by atoms with Crippen molar-refractivity contribution in [2.75, 3.05) is 6.61 Å². The molecule has 8 nitrogen and oxygen atoms in total. The first kappa shape index (κ1) is 27.0. The van der Waals surface area contributed by atoms with Crippen LogP contribution in [0.1, 0.15) is 80.4 Å². The van der Waals surface area contributed by atoms with E-state index in [2.05, 4.69) is 32.5 Å². The molecule has 5 rings (SSSR count). The molecule has 2 saturated carbocycles. The number of benzene rings is 1. The molecule has 10 heteroatoms. The zero-order valence-electron chi connectivity index (χ0n) is 22.5. The lowest BCUT2D eigenvalue weighted by atomic mass is 9.82. The number of carbonyl (C=O) groups excluding carboxylic acids is 2. The van der Waals surface area contributed by atoms with Gasteiger partial charge in [-0.15, -0.1) is 0 Å². The van der Waals surface area contributed by atoms with Crippen LogP contribution in [0.25, 0.3) is 22.3 Å². The van der Waals surface area contributed by atoms with Gasteiger partial charge in [-0.25, -0.2) is 18.7 Å². The third kappa shape index (κ3) is 5.89. The zero-order chi connectivity index (χ0) is 27.7. The van der Waals surface area contributed by atoms with E-state index in [1.807, 2.05) is 6.92 Å². The van der Waals surface area contributed by atoms with Crippen LogP contribution in [0.3, 0.4) is 0 Å². The van der Waals surface area contributed by atoms with Crippen LogP contribution in [-0.2, 0) is 4.79 Å². The van der Waals surface area contributed by atoms with Gasteiger partial charge in [0.05, 0.1) is 17.7 Å². The summed E-state index contributed by atoms with van der Waals surface area (Å²) in [5.74, 6) is 0.989. The van der Waals surface area contributed by atoms with E-state index >= 15 is 0 Å². The number of nitrogens with zero attached hydrogens (tertiary/aromatic N) is 2. The van der Waals surface area contributed by atoms with Crippen LogP contribution in [-0.4, -0.2) is 45.5 Å². The first-order valence-electron chi connectivity index (χ1n) is 13.7. The molecule has 0 saturated heterocycles. The van der Waals surface area contributed by atoms with Crippen LogP contribution >= 0.6 is 0 Å². The molecule has 208 valence electrons. The maximum absolute atomic E-state index is 13.6. The molecule has 2 aromatic heterocycles. The van der Waals surface area contributed by atoms with Gasteiger partial charge >= 0.3 is 0 Å². The molecule has 3 aromatic rings. The number of aryl methyl sites for hydroxylation is 1. The summed E-state index contributed by atoms with van der Waals surface area (Å²) in [6, 6.07) is 4.42. The molecule has 2 heterocycles. The molecular formula is C29H35F2N5O3. The smallest absolute Gasteiger partial charge is 0.263 e. The number of hydrogen-bond donors (Lipinski definition) is 3. The normalized spacial score (nSPS) is 21.2. The highest BCUT2D eigenvalue weighted by Gasteiger charge is 2.31. The van der Waals surface area contributed by atoms with Gasteiger partial charge in [-0.1, -0.05) is 13.8 Å². The lowest BCUT2D eigenvalue weighted by Gasteiger charge is -2.35. The first-order chi connectivity index (χ1) is 18.7. The number of carbonyl (C=O) groups is 2. The quantitative estimate of drug-likeness (QED) is 0.334. The third-order valence-electron chi connectivity index (χ3n) is 7.85. The van der Waals surface area contributed by atoms with Crippen molar-refractivity contribution in [3.05, 3.63) is 41.3 Å². The van der Waals surface area contributed by atoms with Crippen molar-refractivity contribution in [3.63, 3.8) is 0 Å². The van der Waals surface area contributed by atoms with Crippen LogP contribution in [0.4, 0.5) is 8.78 Å². The van der Waals surface area contributed by atoms with Crippen molar-refractivity contribution in [3.8, 4) is 17.0 Å². The predicted molar refractivity (Wildman–Crippen MR) is 144 cm³/mol. The fraction of sp³-hybridized carbons (Fsp3) is 0.517. The summed E-state index contributed by atoms with van der Waals surface area (Å²) in [4.78, 5) is 37.4. The summed E-state index contributed by atoms with van der Waals surface area (Å²) < 4.78 is 33.2. The summed E-state index contributed by atoms with van der Waals surface area (Å²) in [6.07, 6.45) is 3.67. The molecule has 0 radical (unpaired) electrons. The van der Waals surface area contributed by atoms with E-state index in [-0.39, 0.29) is 35.4 Å². The van der Waals surface area contributed by atoms with Crippen LogP contribution in [0.2, 0.25) is 0 Å². The largest absolute Gasteiger partial charge is 0.493 e. The number of alkyl halides is 2. The van der Waals surface area contributed by atoms with E-state index in [0.29, 0.717) is 58.2 Å². The molecule has 3 atom stereocenters. The Morgan fingerprint density at radius 1 is 1.15 bits per heavy atom. The standard InChI is InChI=1S/C29H35F2N5O3/c1-4-23(37)36-21-9-8-19(11-15(21)2)35-29(38)24-16(3)34-27-25(32-14-33-26(24)27)20-12-18(28(30)31)7-10-22(20)39-13-17-5-6-17/h7,10,12,14-15,17,19,21,28,34H,4-6,8-9,11,13H2,1-3H3,(H,35,38)(H,36,37)/t15-,19-,21-/m1/s1. The van der Waals surface area contributed by atoms with Crippen molar-refractivity contribution in [2.45, 2.75) is 77.8 Å². The van der Waals surface area contributed by atoms with Crippen molar-refractivity contribution in [1.82, 2.24) is 25.6 Å². The van der Waals surface area contributed by atoms with Gasteiger partial charge in [-0.2, -0.15) is 0 Å². The first-order valence-corrected chi connectivity index (χ1v) is 13.7. The van der Waals surface area contributed by atoms with Crippen LogP contribution in [0.5, 0.6) is 5.75 Å². The van der Waals surface area contributed by atoms with Gasteiger partial charge in [0.2, 0.25) is 5.91 Å². The van der Waals surface area contributed by atoms with E-state index in [9.17, 15) is 18.4 Å². The van der Waals surface area contributed by atoms with Gasteiger partial charge in [-0.05, 0) is 69.1 Å². The molecule has 0 aliphatic heterocycles. The molecule has 0 unspecified atom stereocenters. The van der Waals surface area contributed by atoms with Crippen molar-refractivity contribution >= 4 is 22.8 Å². The average Bonchev–Trinajstić information content (AvgIpc) is 3.68. The van der Waals surface area contributed by atoms with Crippen molar-refractivity contribution < 1.29 is 23.1 Å². The van der Waals surface area contributed by atoms with Gasteiger partial charge in [0.15, 0.2) is 0 Å². The summed E-state index contributed by atoms with van der Waals surface area (Å²) in [5, 5.41) is 6.23. The Kier molecular flexibility index (Phi) is 7.81. The van der Waals surface area contributed by atoms with Gasteiger partial charge in [0.25, 0.3) is 12.3 Å². The van der Waals surface area contributed by atoms with Gasteiger partial charge in [-0.3, -0.25) is 9.59 Å². The Hall–Kier alpha value is -3.56. The van der Waals surface area contributed by atoms with Crippen molar-refractivity contribution in [1.29, 1.82) is 0 Å². The molecule has 2 aliphatic rings. The minimum atomic E-state index is -2.64. The lowest BCUT2D eigenvalue weighted by Crippen LogP contribution is -2.48. The number of hydrogen-bond acceptors (Lipinski definition) is 5. The van der Waals surface area contributed by atoms with Gasteiger partial charge in [0, 0.05) is 35.3 Å². The maximum atomic E-state index is 13.6. The fourth-order valence-electron chi connectivity index (χ4n) is 5.40. The van der Waals surface area contributed by atoms with Crippen molar-refractivity contribution in [2.24, 2.45) is 11.8 Å². The Morgan fingerprint density at radius 3 is 2.64 bits per heavy atom. The van der Waals surface area contributed by atoms with E-state index in [0.717, 1.165) is 32.1 Å². The van der Waals surface area contributed by atoms with E-state index < -0.39 is 6.43 Å². The minimum Gasteiger partial charge on any atom is -0.493 e. The summed E-state index contributed by atoms with van der Waals surface area (Å²) >= 11 is 0. The number of H-pyrrole nitrogens is 1. The van der Waals surface area contributed by atoms with Crippen LogP contribution in [0.15, 0.2) is 24.5 Å². The number of aromatic nitrogens is 3. The van der Waals surface area contributed by atoms with Crippen LogP contribution < -0.4 is 15.4 Å². The second-order valence-electron chi connectivity index (χ2n) is 10.9. The number of halogens is 2. The average molecular weight is 540 g/mol. The Morgan fingerprint density at radius 2 is 1.95 bits per heavy atom. The Bertz CT molecular complexity index is 1370. The number of aromatic amines is 1. The molecule has 2 fully saturated rings. The summed E-state index contributed by atoms with van der Waals surface area (Å²) in [7, 11) is 0. The highest BCUT2D eigenvalue weighted by atomic mass is 19.3. The van der Waals surface area contributed by atoms with Gasteiger partial charge in [0.1, 0.15) is 23.3 Å². The summed E-state index contributed by atoms with van der Waals surface area (Å²) in [6.45, 7) is 6.24. The molecule has 2 amide bonds. The molecule has 1 aromatic carbocycles. The number of ether oxygens (including phenoxy) is 1. The predicted octanol–water partition coefficient (Wildman–Crippen LogP) is 5.47. The summed E-state index contributed by atoms with van der Waals surface area (Å²) in [5.41, 5.74) is 2.69. The minimum absolute atomic E-state index is 0.0295. The third-order valence-corrected chi connectivity index (χ3v) is 7.85. The van der Waals surface area contributed by atoms with Gasteiger partial charge < -0.3 is 20.4 Å². The molecule has 2 aliphatic carbocycles. The van der Waals surface area contributed by atoms with E-state index in [1.165, 1.54) is 18.5 Å². The molecule has 0 spiro atoms. The second kappa shape index (κ2) is 11.3. The lowest BCUT2D eigenvalue weighted by molar-refractivity contribution is -0.122. The maximum Gasteiger partial charge on any atom is 0.263 e. The SMILES string of the molecule is CCC(=O)N[C@@H]1CC[C@@H](NC(=O)c2c(C)[nH]c3c(-c4cc(C(F)F)ccc4OCC4CC4)ncnc23)C[C@H]1C.